The van der Waals surface area contributed by atoms with Crippen LogP contribution in [0.4, 0.5) is 10.1 Å². The van der Waals surface area contributed by atoms with Gasteiger partial charge in [0.15, 0.2) is 9.84 Å². The summed E-state index contributed by atoms with van der Waals surface area (Å²) < 4.78 is 42.3. The molecule has 0 aliphatic heterocycles. The normalized spacial score (nSPS) is 12.7. The molecule has 0 fully saturated rings. The van der Waals surface area contributed by atoms with Crippen LogP contribution in [-0.4, -0.2) is 21.3 Å². The van der Waals surface area contributed by atoms with Crippen LogP contribution in [0.15, 0.2) is 47.4 Å². The second-order valence-electron chi connectivity index (χ2n) is 5.29. The van der Waals surface area contributed by atoms with E-state index >= 15 is 0 Å². The van der Waals surface area contributed by atoms with Gasteiger partial charge in [-0.3, -0.25) is 0 Å². The lowest BCUT2D eigenvalue weighted by Crippen LogP contribution is -2.09. The van der Waals surface area contributed by atoms with Gasteiger partial charge in [0.05, 0.1) is 6.61 Å². The number of nitrogens with one attached hydrogen (secondary N) is 1. The van der Waals surface area contributed by atoms with E-state index in [9.17, 15) is 12.8 Å². The maximum absolute atomic E-state index is 14.0. The minimum Gasteiger partial charge on any atom is -0.494 e. The monoisotopic (exact) mass is 337 g/mol. The van der Waals surface area contributed by atoms with E-state index in [1.165, 1.54) is 12.1 Å². The van der Waals surface area contributed by atoms with Crippen molar-refractivity contribution in [3.05, 3.63) is 53.8 Å². The molecule has 124 valence electrons. The first kappa shape index (κ1) is 17.3. The van der Waals surface area contributed by atoms with Gasteiger partial charge in [0.1, 0.15) is 16.5 Å². The summed E-state index contributed by atoms with van der Waals surface area (Å²) in [6.07, 6.45) is 0.992. The number of hydrogen-bond donors (Lipinski definition) is 1. The van der Waals surface area contributed by atoms with Crippen molar-refractivity contribution < 1.29 is 17.5 Å². The summed E-state index contributed by atoms with van der Waals surface area (Å²) in [6, 6.07) is 11.5. The average Bonchev–Trinajstić information content (AvgIpc) is 2.46. The standard InChI is InChI=1S/C17H20FNO3S/c1-4-22-15-7-5-6-14(11-15)19-12(2)13-8-9-17(16(18)10-13)23(3,20)21/h5-12,19H,4H2,1-3H3. The van der Waals surface area contributed by atoms with Gasteiger partial charge < -0.3 is 10.1 Å². The molecule has 2 rings (SSSR count). The molecular formula is C17H20FNO3S. The van der Waals surface area contributed by atoms with Crippen LogP contribution in [0, 0.1) is 5.82 Å². The van der Waals surface area contributed by atoms with Crippen molar-refractivity contribution in [1.82, 2.24) is 0 Å². The molecule has 0 aliphatic carbocycles. The molecule has 0 spiro atoms. The molecule has 0 bridgehead atoms. The second kappa shape index (κ2) is 7.00. The molecule has 2 aromatic rings. The van der Waals surface area contributed by atoms with E-state index in [0.29, 0.717) is 12.2 Å². The Morgan fingerprint density at radius 2 is 1.96 bits per heavy atom. The van der Waals surface area contributed by atoms with Gasteiger partial charge in [0.25, 0.3) is 0 Å². The maximum Gasteiger partial charge on any atom is 0.178 e. The lowest BCUT2D eigenvalue weighted by atomic mass is 10.1. The Labute approximate surface area is 136 Å². The summed E-state index contributed by atoms with van der Waals surface area (Å²) in [5.74, 6) is 0.0185. The molecule has 1 atom stereocenters. The van der Waals surface area contributed by atoms with E-state index in [4.69, 9.17) is 4.74 Å². The predicted octanol–water partition coefficient (Wildman–Crippen LogP) is 3.80. The fourth-order valence-corrected chi connectivity index (χ4v) is 2.99. The van der Waals surface area contributed by atoms with Gasteiger partial charge in [0.2, 0.25) is 0 Å². The number of benzene rings is 2. The van der Waals surface area contributed by atoms with Gasteiger partial charge in [0, 0.05) is 24.1 Å². The van der Waals surface area contributed by atoms with Crippen molar-refractivity contribution in [1.29, 1.82) is 0 Å². The summed E-state index contributed by atoms with van der Waals surface area (Å²) in [5, 5.41) is 3.25. The third-order valence-electron chi connectivity index (χ3n) is 3.38. The zero-order chi connectivity index (χ0) is 17.0. The number of anilines is 1. The first-order valence-corrected chi connectivity index (χ1v) is 9.19. The molecule has 6 heteroatoms. The molecular weight excluding hydrogens is 317 g/mol. The predicted molar refractivity (Wildman–Crippen MR) is 89.2 cm³/mol. The molecule has 0 radical (unpaired) electrons. The fourth-order valence-electron chi connectivity index (χ4n) is 2.26. The molecule has 23 heavy (non-hydrogen) atoms. The molecule has 1 unspecified atom stereocenters. The lowest BCUT2D eigenvalue weighted by molar-refractivity contribution is 0.340. The van der Waals surface area contributed by atoms with E-state index in [-0.39, 0.29) is 10.9 Å². The minimum absolute atomic E-state index is 0.185. The van der Waals surface area contributed by atoms with Crippen LogP contribution in [-0.2, 0) is 9.84 Å². The molecule has 0 heterocycles. The number of sulfone groups is 1. The van der Waals surface area contributed by atoms with Gasteiger partial charge in [-0.25, -0.2) is 12.8 Å². The van der Waals surface area contributed by atoms with Crippen molar-refractivity contribution in [2.45, 2.75) is 24.8 Å². The van der Waals surface area contributed by atoms with Crippen LogP contribution in [0.3, 0.4) is 0 Å². The number of ether oxygens (including phenoxy) is 1. The molecule has 0 aliphatic rings. The highest BCUT2D eigenvalue weighted by atomic mass is 32.2. The molecule has 0 aromatic heterocycles. The van der Waals surface area contributed by atoms with Crippen LogP contribution in [0.1, 0.15) is 25.5 Å². The Balaban J connectivity index is 2.19. The van der Waals surface area contributed by atoms with Crippen molar-refractivity contribution in [2.75, 3.05) is 18.2 Å². The Bertz CT molecular complexity index is 790. The molecule has 1 N–H and O–H groups in total. The summed E-state index contributed by atoms with van der Waals surface area (Å²) in [4.78, 5) is -0.285. The number of hydrogen-bond acceptors (Lipinski definition) is 4. The van der Waals surface area contributed by atoms with E-state index in [2.05, 4.69) is 5.32 Å². The summed E-state index contributed by atoms with van der Waals surface area (Å²) in [7, 11) is -3.56. The smallest absolute Gasteiger partial charge is 0.178 e. The Kier molecular flexibility index (Phi) is 5.26. The zero-order valence-corrected chi connectivity index (χ0v) is 14.2. The van der Waals surface area contributed by atoms with E-state index < -0.39 is 15.7 Å². The van der Waals surface area contributed by atoms with Gasteiger partial charge >= 0.3 is 0 Å². The van der Waals surface area contributed by atoms with Crippen LogP contribution in [0.2, 0.25) is 0 Å². The molecule has 0 saturated carbocycles. The molecule has 2 aromatic carbocycles. The van der Waals surface area contributed by atoms with E-state index in [0.717, 1.165) is 17.7 Å². The van der Waals surface area contributed by atoms with Crippen LogP contribution in [0.5, 0.6) is 5.75 Å². The largest absolute Gasteiger partial charge is 0.494 e. The topological polar surface area (TPSA) is 55.4 Å². The summed E-state index contributed by atoms with van der Waals surface area (Å²) >= 11 is 0. The highest BCUT2D eigenvalue weighted by Gasteiger charge is 2.16. The number of rotatable bonds is 6. The van der Waals surface area contributed by atoms with Crippen LogP contribution in [0.25, 0.3) is 0 Å². The molecule has 0 saturated heterocycles. The SMILES string of the molecule is CCOc1cccc(NC(C)c2ccc(S(C)(=O)=O)c(F)c2)c1. The van der Waals surface area contributed by atoms with Gasteiger partial charge in [-0.1, -0.05) is 12.1 Å². The third-order valence-corrected chi connectivity index (χ3v) is 4.51. The Morgan fingerprint density at radius 3 is 2.57 bits per heavy atom. The minimum atomic E-state index is -3.56. The molecule has 0 amide bonds. The van der Waals surface area contributed by atoms with Gasteiger partial charge in [-0.15, -0.1) is 0 Å². The second-order valence-corrected chi connectivity index (χ2v) is 7.27. The van der Waals surface area contributed by atoms with Crippen molar-refractivity contribution >= 4 is 15.5 Å². The highest BCUT2D eigenvalue weighted by molar-refractivity contribution is 7.90. The summed E-state index contributed by atoms with van der Waals surface area (Å²) in [6.45, 7) is 4.37. The maximum atomic E-state index is 14.0. The zero-order valence-electron chi connectivity index (χ0n) is 13.3. The third kappa shape index (κ3) is 4.45. The quantitative estimate of drug-likeness (QED) is 0.871. The van der Waals surface area contributed by atoms with E-state index in [1.807, 2.05) is 38.1 Å². The Morgan fingerprint density at radius 1 is 1.22 bits per heavy atom. The first-order chi connectivity index (χ1) is 10.8. The Hall–Kier alpha value is -2.08. The average molecular weight is 337 g/mol. The number of halogens is 1. The van der Waals surface area contributed by atoms with Crippen LogP contribution >= 0.6 is 0 Å². The van der Waals surface area contributed by atoms with Crippen molar-refractivity contribution in [2.24, 2.45) is 0 Å². The fraction of sp³-hybridized carbons (Fsp3) is 0.294. The molecule has 4 nitrogen and oxygen atoms in total. The summed E-state index contributed by atoms with van der Waals surface area (Å²) in [5.41, 5.74) is 1.51. The van der Waals surface area contributed by atoms with Crippen molar-refractivity contribution in [3.63, 3.8) is 0 Å². The van der Waals surface area contributed by atoms with Crippen molar-refractivity contribution in [3.8, 4) is 5.75 Å². The van der Waals surface area contributed by atoms with Crippen LogP contribution < -0.4 is 10.1 Å². The van der Waals surface area contributed by atoms with Gasteiger partial charge in [-0.2, -0.15) is 0 Å². The van der Waals surface area contributed by atoms with Gasteiger partial charge in [-0.05, 0) is 43.7 Å². The van der Waals surface area contributed by atoms with E-state index in [1.54, 1.807) is 6.07 Å². The highest BCUT2D eigenvalue weighted by Crippen LogP contribution is 2.25. The lowest BCUT2D eigenvalue weighted by Gasteiger charge is -2.17. The first-order valence-electron chi connectivity index (χ1n) is 7.30.